The third-order valence-electron chi connectivity index (χ3n) is 2.76. The molecule has 8 heteroatoms. The number of hydrogen-bond donors (Lipinski definition) is 5. The second kappa shape index (κ2) is 8.15. The lowest BCUT2D eigenvalue weighted by Gasteiger charge is -1.98. The molecule has 0 heterocycles. The number of carbonyl (C=O) groups is 3. The Labute approximate surface area is 132 Å². The Hall–Kier alpha value is -3.39. The molecular formula is C15H17N5O3. The molecule has 0 bridgehead atoms. The van der Waals surface area contributed by atoms with Gasteiger partial charge >= 0.3 is 0 Å². The molecule has 120 valence electrons. The van der Waals surface area contributed by atoms with E-state index in [1.807, 2.05) is 5.43 Å². The van der Waals surface area contributed by atoms with Gasteiger partial charge in [-0.05, 0) is 48.5 Å². The molecule has 0 aliphatic rings. The molecule has 0 aromatic heterocycles. The van der Waals surface area contributed by atoms with Gasteiger partial charge in [-0.2, -0.15) is 0 Å². The van der Waals surface area contributed by atoms with E-state index in [4.69, 9.17) is 23.0 Å². The fourth-order valence-electron chi connectivity index (χ4n) is 1.52. The van der Waals surface area contributed by atoms with E-state index in [0.717, 1.165) is 0 Å². The molecule has 2 aromatic rings. The summed E-state index contributed by atoms with van der Waals surface area (Å²) in [6, 6.07) is 12.3. The van der Waals surface area contributed by atoms with Crippen LogP contribution in [0.25, 0.3) is 0 Å². The molecule has 2 rings (SSSR count). The van der Waals surface area contributed by atoms with Crippen LogP contribution in [0.2, 0.25) is 0 Å². The van der Waals surface area contributed by atoms with Gasteiger partial charge in [-0.15, -0.1) is 0 Å². The molecule has 0 radical (unpaired) electrons. The molecule has 0 aliphatic carbocycles. The summed E-state index contributed by atoms with van der Waals surface area (Å²) < 4.78 is 0. The van der Waals surface area contributed by atoms with Gasteiger partial charge in [0.05, 0.1) is 0 Å². The number of anilines is 1. The molecule has 0 spiro atoms. The highest BCUT2D eigenvalue weighted by atomic mass is 16.2. The summed E-state index contributed by atoms with van der Waals surface area (Å²) >= 11 is 0. The molecule has 0 aliphatic heterocycles. The van der Waals surface area contributed by atoms with E-state index in [9.17, 15) is 14.4 Å². The van der Waals surface area contributed by atoms with E-state index in [0.29, 0.717) is 22.4 Å². The van der Waals surface area contributed by atoms with Gasteiger partial charge in [-0.25, -0.2) is 5.84 Å². The van der Waals surface area contributed by atoms with Crippen molar-refractivity contribution in [2.45, 2.75) is 0 Å². The van der Waals surface area contributed by atoms with Gasteiger partial charge in [0, 0.05) is 22.4 Å². The number of benzene rings is 2. The van der Waals surface area contributed by atoms with Crippen LogP contribution in [0.3, 0.4) is 0 Å². The van der Waals surface area contributed by atoms with Crippen LogP contribution in [0.5, 0.6) is 0 Å². The molecule has 0 saturated carbocycles. The number of carbonyl (C=O) groups excluding carboxylic acids is 3. The van der Waals surface area contributed by atoms with Crippen molar-refractivity contribution < 1.29 is 14.4 Å². The fourth-order valence-corrected chi connectivity index (χ4v) is 1.52. The zero-order valence-electron chi connectivity index (χ0n) is 12.2. The maximum absolute atomic E-state index is 10.8. The zero-order valence-corrected chi connectivity index (χ0v) is 12.2. The monoisotopic (exact) mass is 315 g/mol. The Morgan fingerprint density at radius 2 is 1.04 bits per heavy atom. The summed E-state index contributed by atoms with van der Waals surface area (Å²) in [6.07, 6.45) is 0. The van der Waals surface area contributed by atoms with E-state index < -0.39 is 11.8 Å². The third-order valence-corrected chi connectivity index (χ3v) is 2.76. The van der Waals surface area contributed by atoms with Gasteiger partial charge in [0.15, 0.2) is 0 Å². The average molecular weight is 315 g/mol. The Balaban J connectivity index is 0.000000231. The molecule has 8 nitrogen and oxygen atoms in total. The minimum Gasteiger partial charge on any atom is -0.399 e. The quantitative estimate of drug-likeness (QED) is 0.227. The molecule has 3 amide bonds. The number of nitrogen functional groups attached to an aromatic ring is 2. The summed E-state index contributed by atoms with van der Waals surface area (Å²) in [4.78, 5) is 32.0. The molecule has 0 saturated heterocycles. The highest BCUT2D eigenvalue weighted by Gasteiger charge is 2.02. The second-order valence-electron chi connectivity index (χ2n) is 4.40. The topological polar surface area (TPSA) is 167 Å². The predicted molar refractivity (Wildman–Crippen MR) is 86.0 cm³/mol. The maximum Gasteiger partial charge on any atom is 0.265 e. The van der Waals surface area contributed by atoms with Gasteiger partial charge < -0.3 is 17.2 Å². The Bertz CT molecular complexity index is 663. The highest BCUT2D eigenvalue weighted by Crippen LogP contribution is 2.04. The standard InChI is InChI=1S/C8H8N2O2.C7H9N3O/c9-7(11)5-1-2-6(4-3-5)8(10)12;8-6-3-1-5(2-4-6)7(11)10-9/h1-4H,(H2,9,11)(H2,10,12);1-4H,8-9H2,(H,10,11). The maximum atomic E-state index is 10.8. The van der Waals surface area contributed by atoms with Crippen LogP contribution >= 0.6 is 0 Å². The first-order chi connectivity index (χ1) is 10.8. The Kier molecular flexibility index (Phi) is 6.26. The molecule has 23 heavy (non-hydrogen) atoms. The van der Waals surface area contributed by atoms with Crippen LogP contribution in [0.4, 0.5) is 5.69 Å². The second-order valence-corrected chi connectivity index (χ2v) is 4.40. The van der Waals surface area contributed by atoms with Crippen molar-refractivity contribution in [3.8, 4) is 0 Å². The largest absolute Gasteiger partial charge is 0.399 e. The minimum atomic E-state index is -0.522. The lowest BCUT2D eigenvalue weighted by Crippen LogP contribution is -2.29. The van der Waals surface area contributed by atoms with Crippen molar-refractivity contribution >= 4 is 23.4 Å². The summed E-state index contributed by atoms with van der Waals surface area (Å²) in [5, 5.41) is 0. The zero-order chi connectivity index (χ0) is 17.4. The third kappa shape index (κ3) is 5.48. The van der Waals surface area contributed by atoms with E-state index in [2.05, 4.69) is 0 Å². The van der Waals surface area contributed by atoms with Gasteiger partial charge in [0.1, 0.15) is 0 Å². The predicted octanol–water partition coefficient (Wildman–Crippen LogP) is -0.243. The minimum absolute atomic E-state index is 0.315. The molecular weight excluding hydrogens is 298 g/mol. The lowest BCUT2D eigenvalue weighted by atomic mass is 10.1. The van der Waals surface area contributed by atoms with Gasteiger partial charge in [0.25, 0.3) is 5.91 Å². The van der Waals surface area contributed by atoms with Crippen LogP contribution in [0.15, 0.2) is 48.5 Å². The van der Waals surface area contributed by atoms with Crippen LogP contribution < -0.4 is 28.5 Å². The fraction of sp³-hybridized carbons (Fsp3) is 0. The first-order valence-corrected chi connectivity index (χ1v) is 6.41. The SMILES string of the molecule is NC(=O)c1ccc(C(N)=O)cc1.NNC(=O)c1ccc(N)cc1. The van der Waals surface area contributed by atoms with Gasteiger partial charge in [0.2, 0.25) is 11.8 Å². The number of nitrogens with one attached hydrogen (secondary N) is 1. The van der Waals surface area contributed by atoms with Crippen molar-refractivity contribution in [2.24, 2.45) is 17.3 Å². The van der Waals surface area contributed by atoms with Crippen LogP contribution in [-0.4, -0.2) is 17.7 Å². The van der Waals surface area contributed by atoms with Crippen molar-refractivity contribution in [3.63, 3.8) is 0 Å². The Morgan fingerprint density at radius 3 is 1.35 bits per heavy atom. The van der Waals surface area contributed by atoms with Crippen LogP contribution in [0.1, 0.15) is 31.1 Å². The normalized spacial score (nSPS) is 9.26. The number of amides is 3. The molecule has 9 N–H and O–H groups in total. The molecule has 0 unspecified atom stereocenters. The smallest absolute Gasteiger partial charge is 0.265 e. The number of nitrogens with two attached hydrogens (primary N) is 4. The van der Waals surface area contributed by atoms with E-state index in [1.54, 1.807) is 24.3 Å². The average Bonchev–Trinajstić information content (AvgIpc) is 2.55. The first-order valence-electron chi connectivity index (χ1n) is 6.41. The lowest BCUT2D eigenvalue weighted by molar-refractivity contribution is 0.0951. The summed E-state index contributed by atoms with van der Waals surface area (Å²) in [5.41, 5.74) is 19.2. The molecule has 0 fully saturated rings. The first kappa shape index (κ1) is 17.7. The van der Waals surface area contributed by atoms with Crippen molar-refractivity contribution in [3.05, 3.63) is 65.2 Å². The van der Waals surface area contributed by atoms with E-state index in [-0.39, 0.29) is 5.91 Å². The van der Waals surface area contributed by atoms with Crippen molar-refractivity contribution in [2.75, 3.05) is 5.73 Å². The summed E-state index contributed by atoms with van der Waals surface area (Å²) in [6.45, 7) is 0. The van der Waals surface area contributed by atoms with E-state index >= 15 is 0 Å². The summed E-state index contributed by atoms with van der Waals surface area (Å²) in [7, 11) is 0. The van der Waals surface area contributed by atoms with Crippen molar-refractivity contribution in [1.29, 1.82) is 0 Å². The van der Waals surface area contributed by atoms with Gasteiger partial charge in [-0.1, -0.05) is 0 Å². The summed E-state index contributed by atoms with van der Waals surface area (Å²) in [5.74, 6) is 3.55. The molecule has 0 atom stereocenters. The number of hydrogen-bond acceptors (Lipinski definition) is 5. The van der Waals surface area contributed by atoms with E-state index in [1.165, 1.54) is 24.3 Å². The Morgan fingerprint density at radius 1 is 0.696 bits per heavy atom. The van der Waals surface area contributed by atoms with Crippen LogP contribution in [0, 0.1) is 0 Å². The van der Waals surface area contributed by atoms with Gasteiger partial charge in [-0.3, -0.25) is 19.8 Å². The number of primary amides is 2. The number of hydrazine groups is 1. The molecule has 2 aromatic carbocycles. The number of rotatable bonds is 3. The highest BCUT2D eigenvalue weighted by molar-refractivity contribution is 5.96. The van der Waals surface area contributed by atoms with Crippen LogP contribution in [-0.2, 0) is 0 Å². The van der Waals surface area contributed by atoms with Crippen molar-refractivity contribution in [1.82, 2.24) is 5.43 Å².